The molecule has 5 nitrogen and oxygen atoms in total. The van der Waals surface area contributed by atoms with Gasteiger partial charge in [0.2, 0.25) is 5.95 Å². The fourth-order valence-corrected chi connectivity index (χ4v) is 2.62. The number of aryl methyl sites for hydroxylation is 2. The predicted molar refractivity (Wildman–Crippen MR) is 83.6 cm³/mol. The molecule has 0 fully saturated rings. The summed E-state index contributed by atoms with van der Waals surface area (Å²) in [5.41, 5.74) is 3.26. The van der Waals surface area contributed by atoms with Gasteiger partial charge in [-0.15, -0.1) is 0 Å². The first-order valence-corrected chi connectivity index (χ1v) is 7.33. The summed E-state index contributed by atoms with van der Waals surface area (Å²) in [6.45, 7) is 3.71. The van der Waals surface area contributed by atoms with E-state index in [2.05, 4.69) is 48.8 Å². The van der Waals surface area contributed by atoms with Crippen LogP contribution in [-0.4, -0.2) is 19.1 Å². The van der Waals surface area contributed by atoms with Crippen LogP contribution in [0.4, 0.5) is 5.95 Å². The van der Waals surface area contributed by atoms with Crippen LogP contribution < -0.4 is 5.32 Å². The minimum Gasteiger partial charge on any atom is -0.350 e. The van der Waals surface area contributed by atoms with Crippen molar-refractivity contribution in [2.45, 2.75) is 20.0 Å². The van der Waals surface area contributed by atoms with Crippen molar-refractivity contribution in [1.29, 1.82) is 0 Å². The topological polar surface area (TPSA) is 47.7 Å². The van der Waals surface area contributed by atoms with E-state index in [1.807, 2.05) is 29.9 Å². The highest BCUT2D eigenvalue weighted by Crippen LogP contribution is 2.23. The second kappa shape index (κ2) is 5.28. The summed E-state index contributed by atoms with van der Waals surface area (Å²) in [6.07, 6.45) is 3.67. The van der Waals surface area contributed by atoms with Gasteiger partial charge in [0.1, 0.15) is 0 Å². The lowest BCUT2D eigenvalue weighted by molar-refractivity contribution is 0.776. The van der Waals surface area contributed by atoms with E-state index in [0.717, 1.165) is 33.7 Å². The Morgan fingerprint density at radius 1 is 1.35 bits per heavy atom. The first kappa shape index (κ1) is 13.2. The van der Waals surface area contributed by atoms with Crippen molar-refractivity contribution < 1.29 is 0 Å². The summed E-state index contributed by atoms with van der Waals surface area (Å²) < 4.78 is 5.25. The molecule has 0 aliphatic heterocycles. The maximum Gasteiger partial charge on any atom is 0.204 e. The van der Waals surface area contributed by atoms with Crippen molar-refractivity contribution >= 4 is 32.9 Å². The average molecular weight is 334 g/mol. The van der Waals surface area contributed by atoms with Gasteiger partial charge in [-0.1, -0.05) is 15.9 Å². The largest absolute Gasteiger partial charge is 0.350 e. The van der Waals surface area contributed by atoms with Gasteiger partial charge in [-0.2, -0.15) is 0 Å². The second-order valence-electron chi connectivity index (χ2n) is 4.66. The molecule has 0 aliphatic carbocycles. The van der Waals surface area contributed by atoms with Crippen molar-refractivity contribution in [2.24, 2.45) is 7.05 Å². The van der Waals surface area contributed by atoms with Crippen LogP contribution in [0.5, 0.6) is 0 Å². The number of hydrogen-bond donors (Lipinski definition) is 1. The van der Waals surface area contributed by atoms with Gasteiger partial charge in [-0.05, 0) is 25.1 Å². The summed E-state index contributed by atoms with van der Waals surface area (Å²) in [7, 11) is 1.99. The number of imidazole rings is 2. The van der Waals surface area contributed by atoms with Crippen LogP contribution >= 0.6 is 15.9 Å². The highest BCUT2D eigenvalue weighted by Gasteiger charge is 2.10. The molecular formula is C14H16BrN5. The van der Waals surface area contributed by atoms with Crippen LogP contribution in [0.2, 0.25) is 0 Å². The van der Waals surface area contributed by atoms with Crippen LogP contribution in [-0.2, 0) is 20.1 Å². The van der Waals surface area contributed by atoms with Gasteiger partial charge in [-0.3, -0.25) is 0 Å². The smallest absolute Gasteiger partial charge is 0.204 e. The van der Waals surface area contributed by atoms with Gasteiger partial charge in [0.25, 0.3) is 0 Å². The van der Waals surface area contributed by atoms with E-state index in [-0.39, 0.29) is 0 Å². The summed E-state index contributed by atoms with van der Waals surface area (Å²) in [4.78, 5) is 8.78. The number of fused-ring (bicyclic) bond motifs is 1. The SMILES string of the molecule is CCn1c(NCc2cncn2C)nc2ccc(Br)cc21. The summed E-state index contributed by atoms with van der Waals surface area (Å²) in [5, 5.41) is 3.39. The molecule has 2 heterocycles. The molecule has 20 heavy (non-hydrogen) atoms. The number of benzene rings is 1. The van der Waals surface area contributed by atoms with Crippen LogP contribution in [0.3, 0.4) is 0 Å². The normalized spacial score (nSPS) is 11.2. The lowest BCUT2D eigenvalue weighted by Crippen LogP contribution is -2.09. The van der Waals surface area contributed by atoms with Crippen molar-refractivity contribution in [3.05, 3.63) is 40.9 Å². The fourth-order valence-electron chi connectivity index (χ4n) is 2.28. The van der Waals surface area contributed by atoms with Gasteiger partial charge < -0.3 is 14.5 Å². The monoisotopic (exact) mass is 333 g/mol. The molecule has 0 radical (unpaired) electrons. The number of halogens is 1. The van der Waals surface area contributed by atoms with E-state index >= 15 is 0 Å². The maximum absolute atomic E-state index is 4.66. The molecule has 0 saturated heterocycles. The molecule has 6 heteroatoms. The Labute approximate surface area is 125 Å². The Morgan fingerprint density at radius 3 is 2.90 bits per heavy atom. The maximum atomic E-state index is 4.66. The Hall–Kier alpha value is -1.82. The molecule has 1 aromatic carbocycles. The van der Waals surface area contributed by atoms with E-state index in [1.54, 1.807) is 6.33 Å². The summed E-state index contributed by atoms with van der Waals surface area (Å²) >= 11 is 3.51. The van der Waals surface area contributed by atoms with Gasteiger partial charge in [0.15, 0.2) is 0 Å². The highest BCUT2D eigenvalue weighted by molar-refractivity contribution is 9.10. The summed E-state index contributed by atoms with van der Waals surface area (Å²) in [5.74, 6) is 0.891. The summed E-state index contributed by atoms with van der Waals surface area (Å²) in [6, 6.07) is 6.14. The van der Waals surface area contributed by atoms with E-state index < -0.39 is 0 Å². The van der Waals surface area contributed by atoms with Crippen molar-refractivity contribution in [3.8, 4) is 0 Å². The molecule has 0 aliphatic rings. The Morgan fingerprint density at radius 2 is 2.20 bits per heavy atom. The quantitative estimate of drug-likeness (QED) is 0.797. The third-order valence-electron chi connectivity index (χ3n) is 3.37. The second-order valence-corrected chi connectivity index (χ2v) is 5.58. The van der Waals surface area contributed by atoms with Crippen molar-refractivity contribution in [1.82, 2.24) is 19.1 Å². The van der Waals surface area contributed by atoms with E-state index in [9.17, 15) is 0 Å². The zero-order chi connectivity index (χ0) is 14.1. The van der Waals surface area contributed by atoms with Gasteiger partial charge in [0, 0.05) is 24.3 Å². The molecular weight excluding hydrogens is 318 g/mol. The molecule has 2 aromatic heterocycles. The Balaban J connectivity index is 1.93. The number of rotatable bonds is 4. The molecule has 1 N–H and O–H groups in total. The number of anilines is 1. The van der Waals surface area contributed by atoms with Gasteiger partial charge in [-0.25, -0.2) is 9.97 Å². The zero-order valence-corrected chi connectivity index (χ0v) is 13.1. The Bertz CT molecular complexity index is 743. The van der Waals surface area contributed by atoms with Crippen LogP contribution in [0.15, 0.2) is 35.2 Å². The van der Waals surface area contributed by atoms with Gasteiger partial charge in [0.05, 0.1) is 29.6 Å². The average Bonchev–Trinajstić information content (AvgIpc) is 2.99. The van der Waals surface area contributed by atoms with Gasteiger partial charge >= 0.3 is 0 Å². The van der Waals surface area contributed by atoms with Crippen LogP contribution in [0, 0.1) is 0 Å². The lowest BCUT2D eigenvalue weighted by atomic mass is 10.3. The minimum atomic E-state index is 0.709. The molecule has 0 saturated carbocycles. The number of nitrogens with one attached hydrogen (secondary N) is 1. The third-order valence-corrected chi connectivity index (χ3v) is 3.86. The standard InChI is InChI=1S/C14H16BrN5/c1-3-20-13-6-10(15)4-5-12(13)18-14(20)17-8-11-7-16-9-19(11)2/h4-7,9H,3,8H2,1-2H3,(H,17,18). The van der Waals surface area contributed by atoms with Crippen LogP contribution in [0.1, 0.15) is 12.6 Å². The molecule has 0 spiro atoms. The van der Waals surface area contributed by atoms with E-state index in [0.29, 0.717) is 6.54 Å². The van der Waals surface area contributed by atoms with Crippen molar-refractivity contribution in [2.75, 3.05) is 5.32 Å². The van der Waals surface area contributed by atoms with E-state index in [1.165, 1.54) is 0 Å². The van der Waals surface area contributed by atoms with E-state index in [4.69, 9.17) is 0 Å². The molecule has 0 amide bonds. The number of hydrogen-bond acceptors (Lipinski definition) is 3. The number of nitrogens with zero attached hydrogens (tertiary/aromatic N) is 4. The number of aromatic nitrogens is 4. The third kappa shape index (κ3) is 2.31. The molecule has 0 bridgehead atoms. The fraction of sp³-hybridized carbons (Fsp3) is 0.286. The molecule has 0 unspecified atom stereocenters. The molecule has 104 valence electrons. The molecule has 3 aromatic rings. The highest BCUT2D eigenvalue weighted by atomic mass is 79.9. The first-order valence-electron chi connectivity index (χ1n) is 6.54. The molecule has 0 atom stereocenters. The molecule has 3 rings (SSSR count). The minimum absolute atomic E-state index is 0.709. The zero-order valence-electron chi connectivity index (χ0n) is 11.5. The Kier molecular flexibility index (Phi) is 3.48. The predicted octanol–water partition coefficient (Wildman–Crippen LogP) is 3.16. The van der Waals surface area contributed by atoms with Crippen molar-refractivity contribution in [3.63, 3.8) is 0 Å². The van der Waals surface area contributed by atoms with Crippen LogP contribution in [0.25, 0.3) is 11.0 Å². The first-order chi connectivity index (χ1) is 9.69. The lowest BCUT2D eigenvalue weighted by Gasteiger charge is -2.08.